The maximum Gasteiger partial charge on any atom is 0.153 e. The van der Waals surface area contributed by atoms with Gasteiger partial charge < -0.3 is 4.90 Å². The van der Waals surface area contributed by atoms with Crippen LogP contribution in [0, 0.1) is 0 Å². The first kappa shape index (κ1) is 11.2. The van der Waals surface area contributed by atoms with Gasteiger partial charge in [0.2, 0.25) is 0 Å². The highest BCUT2D eigenvalue weighted by molar-refractivity contribution is 5.87. The van der Waals surface area contributed by atoms with Gasteiger partial charge in [-0.05, 0) is 30.5 Å². The molecule has 2 heteroatoms. The van der Waals surface area contributed by atoms with Crippen LogP contribution in [-0.4, -0.2) is 18.9 Å². The summed E-state index contributed by atoms with van der Waals surface area (Å²) in [4.78, 5) is 13.4. The number of nitrogens with zero attached hydrogens (tertiary/aromatic N) is 1. The predicted molar refractivity (Wildman–Crippen MR) is 66.9 cm³/mol. The molecule has 0 bridgehead atoms. The van der Waals surface area contributed by atoms with Gasteiger partial charge in [-0.15, -0.1) is 0 Å². The van der Waals surface area contributed by atoms with Crippen LogP contribution in [0.3, 0.4) is 0 Å². The Morgan fingerprint density at radius 1 is 1.25 bits per heavy atom. The number of carbonyl (C=O) groups excluding carboxylic acids is 1. The third-order valence-corrected chi connectivity index (χ3v) is 3.15. The molecule has 1 aliphatic rings. The van der Waals surface area contributed by atoms with Crippen LogP contribution in [0.4, 0.5) is 5.69 Å². The lowest BCUT2D eigenvalue weighted by molar-refractivity contribution is -0.116. The Hall–Kier alpha value is -1.31. The minimum Gasteiger partial charge on any atom is -0.364 e. The minimum atomic E-state index is 0.357. The maximum absolute atomic E-state index is 11.2. The standard InChI is InChI=1S/C14H19NO/c1-2-3-4-12-5-7-13(8-6-12)15-10-9-14(16)11-15/h5-8H,2-4,9-11H2,1H3. The summed E-state index contributed by atoms with van der Waals surface area (Å²) in [7, 11) is 0. The second kappa shape index (κ2) is 5.15. The fourth-order valence-corrected chi connectivity index (χ4v) is 2.11. The number of ketones is 1. The average Bonchev–Trinajstić information content (AvgIpc) is 2.74. The third-order valence-electron chi connectivity index (χ3n) is 3.15. The lowest BCUT2D eigenvalue weighted by atomic mass is 10.1. The molecule has 0 N–H and O–H groups in total. The molecule has 1 saturated heterocycles. The minimum absolute atomic E-state index is 0.357. The van der Waals surface area contributed by atoms with Gasteiger partial charge in [0.05, 0.1) is 6.54 Å². The number of benzene rings is 1. The fraction of sp³-hybridized carbons (Fsp3) is 0.500. The first-order valence-corrected chi connectivity index (χ1v) is 6.15. The second-order valence-corrected chi connectivity index (χ2v) is 4.48. The highest BCUT2D eigenvalue weighted by Gasteiger charge is 2.18. The molecule has 2 nitrogen and oxygen atoms in total. The predicted octanol–water partition coefficient (Wildman–Crippen LogP) is 2.81. The maximum atomic E-state index is 11.2. The number of aryl methyl sites for hydroxylation is 1. The molecule has 86 valence electrons. The number of anilines is 1. The highest BCUT2D eigenvalue weighted by atomic mass is 16.1. The van der Waals surface area contributed by atoms with Gasteiger partial charge in [-0.1, -0.05) is 25.5 Å². The van der Waals surface area contributed by atoms with Gasteiger partial charge in [-0.2, -0.15) is 0 Å². The molecule has 1 aliphatic heterocycles. The molecule has 0 unspecified atom stereocenters. The van der Waals surface area contributed by atoms with E-state index in [1.54, 1.807) is 0 Å². The first-order chi connectivity index (χ1) is 7.79. The number of rotatable bonds is 4. The molecule has 1 fully saturated rings. The quantitative estimate of drug-likeness (QED) is 0.773. The summed E-state index contributed by atoms with van der Waals surface area (Å²) in [6.45, 7) is 3.69. The molecule has 1 heterocycles. The van der Waals surface area contributed by atoms with Crippen LogP contribution in [0.2, 0.25) is 0 Å². The van der Waals surface area contributed by atoms with Crippen molar-refractivity contribution >= 4 is 11.5 Å². The van der Waals surface area contributed by atoms with Crippen LogP contribution in [0.5, 0.6) is 0 Å². The summed E-state index contributed by atoms with van der Waals surface area (Å²) < 4.78 is 0. The normalized spacial score (nSPS) is 15.8. The number of hydrogen-bond acceptors (Lipinski definition) is 2. The zero-order valence-electron chi connectivity index (χ0n) is 9.91. The number of hydrogen-bond donors (Lipinski definition) is 0. The van der Waals surface area contributed by atoms with E-state index in [1.807, 2.05) is 0 Å². The van der Waals surface area contributed by atoms with Gasteiger partial charge in [0.15, 0.2) is 5.78 Å². The van der Waals surface area contributed by atoms with Crippen LogP contribution >= 0.6 is 0 Å². The van der Waals surface area contributed by atoms with Gasteiger partial charge in [-0.25, -0.2) is 0 Å². The van der Waals surface area contributed by atoms with Crippen molar-refractivity contribution in [1.29, 1.82) is 0 Å². The third kappa shape index (κ3) is 2.63. The van der Waals surface area contributed by atoms with Crippen LogP contribution < -0.4 is 4.90 Å². The van der Waals surface area contributed by atoms with Crippen LogP contribution in [0.15, 0.2) is 24.3 Å². The molecule has 2 rings (SSSR count). The number of carbonyl (C=O) groups is 1. The van der Waals surface area contributed by atoms with Crippen LogP contribution in [0.1, 0.15) is 31.7 Å². The van der Waals surface area contributed by atoms with Gasteiger partial charge in [-0.3, -0.25) is 4.79 Å². The molecule has 0 spiro atoms. The van der Waals surface area contributed by atoms with E-state index in [9.17, 15) is 4.79 Å². The second-order valence-electron chi connectivity index (χ2n) is 4.48. The Morgan fingerprint density at radius 3 is 2.56 bits per heavy atom. The molecule has 0 saturated carbocycles. The Kier molecular flexibility index (Phi) is 3.60. The Balaban J connectivity index is 1.99. The van der Waals surface area contributed by atoms with Crippen molar-refractivity contribution in [3.63, 3.8) is 0 Å². The smallest absolute Gasteiger partial charge is 0.153 e. The van der Waals surface area contributed by atoms with E-state index in [-0.39, 0.29) is 0 Å². The monoisotopic (exact) mass is 217 g/mol. The molecular formula is C14H19NO. The lowest BCUT2D eigenvalue weighted by Crippen LogP contribution is -2.19. The summed E-state index contributed by atoms with van der Waals surface area (Å²) in [5.74, 6) is 0.357. The Morgan fingerprint density at radius 2 is 2.00 bits per heavy atom. The van der Waals surface area contributed by atoms with Crippen molar-refractivity contribution in [3.8, 4) is 0 Å². The van der Waals surface area contributed by atoms with E-state index in [0.717, 1.165) is 13.0 Å². The summed E-state index contributed by atoms with van der Waals surface area (Å²) in [6.07, 6.45) is 4.36. The largest absolute Gasteiger partial charge is 0.364 e. The molecule has 0 radical (unpaired) electrons. The molecule has 0 atom stereocenters. The summed E-state index contributed by atoms with van der Waals surface area (Å²) in [6, 6.07) is 8.66. The SMILES string of the molecule is CCCCc1ccc(N2CCC(=O)C2)cc1. The van der Waals surface area contributed by atoms with Crippen LogP contribution in [-0.2, 0) is 11.2 Å². The van der Waals surface area contributed by atoms with E-state index >= 15 is 0 Å². The van der Waals surface area contributed by atoms with Crippen molar-refractivity contribution in [2.75, 3.05) is 18.0 Å². The number of Topliss-reactive ketones (excluding diaryl/α,β-unsaturated/α-hetero) is 1. The van der Waals surface area contributed by atoms with Gasteiger partial charge in [0.25, 0.3) is 0 Å². The first-order valence-electron chi connectivity index (χ1n) is 6.15. The van der Waals surface area contributed by atoms with Crippen LogP contribution in [0.25, 0.3) is 0 Å². The molecule has 0 amide bonds. The van der Waals surface area contributed by atoms with Gasteiger partial charge >= 0.3 is 0 Å². The van der Waals surface area contributed by atoms with Crippen molar-refractivity contribution in [3.05, 3.63) is 29.8 Å². The summed E-state index contributed by atoms with van der Waals surface area (Å²) >= 11 is 0. The molecular weight excluding hydrogens is 198 g/mol. The zero-order valence-corrected chi connectivity index (χ0v) is 9.91. The Labute approximate surface area is 97.3 Å². The topological polar surface area (TPSA) is 20.3 Å². The lowest BCUT2D eigenvalue weighted by Gasteiger charge is -2.16. The van der Waals surface area contributed by atoms with E-state index in [2.05, 4.69) is 36.1 Å². The summed E-state index contributed by atoms with van der Waals surface area (Å²) in [5, 5.41) is 0. The Bertz CT molecular complexity index is 356. The van der Waals surface area contributed by atoms with Gasteiger partial charge in [0.1, 0.15) is 0 Å². The van der Waals surface area contributed by atoms with Crippen molar-refractivity contribution in [1.82, 2.24) is 0 Å². The summed E-state index contributed by atoms with van der Waals surface area (Å²) in [5.41, 5.74) is 2.59. The highest BCUT2D eigenvalue weighted by Crippen LogP contribution is 2.19. The van der Waals surface area contributed by atoms with Crippen molar-refractivity contribution < 1.29 is 4.79 Å². The molecule has 16 heavy (non-hydrogen) atoms. The van der Waals surface area contributed by atoms with E-state index in [4.69, 9.17) is 0 Å². The fourth-order valence-electron chi connectivity index (χ4n) is 2.11. The average molecular weight is 217 g/mol. The van der Waals surface area contributed by atoms with Crippen molar-refractivity contribution in [2.24, 2.45) is 0 Å². The zero-order chi connectivity index (χ0) is 11.4. The molecule has 1 aromatic rings. The molecule has 1 aromatic carbocycles. The van der Waals surface area contributed by atoms with E-state index < -0.39 is 0 Å². The molecule has 0 aromatic heterocycles. The van der Waals surface area contributed by atoms with E-state index in [0.29, 0.717) is 18.7 Å². The number of unbranched alkanes of at least 4 members (excludes halogenated alkanes) is 1. The van der Waals surface area contributed by atoms with Gasteiger partial charge in [0, 0.05) is 18.7 Å². The van der Waals surface area contributed by atoms with E-state index in [1.165, 1.54) is 24.1 Å². The molecule has 0 aliphatic carbocycles. The van der Waals surface area contributed by atoms with Crippen molar-refractivity contribution in [2.45, 2.75) is 32.6 Å².